The third-order valence-corrected chi connectivity index (χ3v) is 4.90. The van der Waals surface area contributed by atoms with Crippen molar-refractivity contribution in [1.29, 1.82) is 0 Å². The number of imidazole rings is 1. The van der Waals surface area contributed by atoms with Crippen molar-refractivity contribution in [1.82, 2.24) is 15.3 Å². The highest BCUT2D eigenvalue weighted by molar-refractivity contribution is 7.71. The van der Waals surface area contributed by atoms with Gasteiger partial charge in [-0.05, 0) is 47.1 Å². The number of aromatic amines is 2. The van der Waals surface area contributed by atoms with E-state index < -0.39 is 0 Å². The van der Waals surface area contributed by atoms with Gasteiger partial charge in [-0.25, -0.2) is 0 Å². The minimum Gasteiger partial charge on any atom is -0.489 e. The molecule has 0 spiro atoms. The van der Waals surface area contributed by atoms with Crippen LogP contribution in [0.2, 0.25) is 0 Å². The van der Waals surface area contributed by atoms with Crippen LogP contribution in [0.1, 0.15) is 12.0 Å². The lowest BCUT2D eigenvalue weighted by Gasteiger charge is -2.09. The van der Waals surface area contributed by atoms with Crippen molar-refractivity contribution in [2.24, 2.45) is 0 Å². The SMILES string of the molecule is O=C(CCc1cccc2ccccc12)NCCOc1cccc2[nH]c(=S)[nH]c12. The van der Waals surface area contributed by atoms with Gasteiger partial charge in [0.2, 0.25) is 5.91 Å². The van der Waals surface area contributed by atoms with E-state index >= 15 is 0 Å². The van der Waals surface area contributed by atoms with E-state index in [9.17, 15) is 4.79 Å². The normalized spacial score (nSPS) is 11.0. The number of H-pyrrole nitrogens is 2. The fourth-order valence-electron chi connectivity index (χ4n) is 3.35. The summed E-state index contributed by atoms with van der Waals surface area (Å²) in [6.07, 6.45) is 1.17. The van der Waals surface area contributed by atoms with Gasteiger partial charge in [0.25, 0.3) is 0 Å². The summed E-state index contributed by atoms with van der Waals surface area (Å²) >= 11 is 5.12. The molecule has 0 bridgehead atoms. The van der Waals surface area contributed by atoms with E-state index in [4.69, 9.17) is 17.0 Å². The fourth-order valence-corrected chi connectivity index (χ4v) is 3.56. The van der Waals surface area contributed by atoms with Crippen molar-refractivity contribution in [3.05, 3.63) is 71.0 Å². The van der Waals surface area contributed by atoms with Crippen LogP contribution >= 0.6 is 12.2 Å². The summed E-state index contributed by atoms with van der Waals surface area (Å²) in [5.41, 5.74) is 2.94. The standard InChI is InChI=1S/C22H21N3O2S/c26-20(12-11-16-7-3-6-15-5-1-2-8-17(15)16)23-13-14-27-19-10-4-9-18-21(19)25-22(28)24-18/h1-10H,11-14H2,(H,23,26)(H2,24,25,28). The van der Waals surface area contributed by atoms with E-state index in [0.29, 0.717) is 30.8 Å². The second-order valence-electron chi connectivity index (χ2n) is 6.59. The molecule has 0 aliphatic carbocycles. The van der Waals surface area contributed by atoms with Crippen LogP contribution in [0.3, 0.4) is 0 Å². The number of fused-ring (bicyclic) bond motifs is 2. The van der Waals surface area contributed by atoms with E-state index in [0.717, 1.165) is 16.8 Å². The van der Waals surface area contributed by atoms with Crippen molar-refractivity contribution in [2.45, 2.75) is 12.8 Å². The molecule has 142 valence electrons. The molecule has 3 aromatic carbocycles. The second kappa shape index (κ2) is 8.27. The average Bonchev–Trinajstić information content (AvgIpc) is 3.10. The molecular formula is C22H21N3O2S. The van der Waals surface area contributed by atoms with Crippen molar-refractivity contribution < 1.29 is 9.53 Å². The molecule has 0 unspecified atom stereocenters. The summed E-state index contributed by atoms with van der Waals surface area (Å²) in [6.45, 7) is 0.848. The number of amides is 1. The fraction of sp³-hybridized carbons (Fsp3) is 0.182. The lowest BCUT2D eigenvalue weighted by atomic mass is 10.0. The highest BCUT2D eigenvalue weighted by atomic mass is 32.1. The van der Waals surface area contributed by atoms with Crippen LogP contribution in [-0.2, 0) is 11.2 Å². The van der Waals surface area contributed by atoms with Crippen LogP contribution in [0.5, 0.6) is 5.75 Å². The van der Waals surface area contributed by atoms with Crippen LogP contribution in [-0.4, -0.2) is 29.0 Å². The summed E-state index contributed by atoms with van der Waals surface area (Å²) < 4.78 is 6.35. The summed E-state index contributed by atoms with van der Waals surface area (Å²) in [7, 11) is 0. The van der Waals surface area contributed by atoms with Crippen LogP contribution in [0.15, 0.2) is 60.7 Å². The second-order valence-corrected chi connectivity index (χ2v) is 7.00. The maximum Gasteiger partial charge on any atom is 0.220 e. The average molecular weight is 391 g/mol. The Morgan fingerprint density at radius 3 is 2.75 bits per heavy atom. The number of aryl methyl sites for hydroxylation is 1. The van der Waals surface area contributed by atoms with Gasteiger partial charge in [-0.3, -0.25) is 4.79 Å². The van der Waals surface area contributed by atoms with Gasteiger partial charge < -0.3 is 20.0 Å². The zero-order valence-electron chi connectivity index (χ0n) is 15.3. The molecule has 3 N–H and O–H groups in total. The summed E-state index contributed by atoms with van der Waals surface area (Å²) in [6, 6.07) is 20.2. The third kappa shape index (κ3) is 4.07. The molecule has 6 heteroatoms. The first-order valence-corrected chi connectivity index (χ1v) is 9.69. The van der Waals surface area contributed by atoms with Crippen molar-refractivity contribution in [3.63, 3.8) is 0 Å². The number of aromatic nitrogens is 2. The molecule has 1 heterocycles. The van der Waals surface area contributed by atoms with E-state index in [1.54, 1.807) is 0 Å². The lowest BCUT2D eigenvalue weighted by Crippen LogP contribution is -2.28. The summed E-state index contributed by atoms with van der Waals surface area (Å²) in [5, 5.41) is 5.33. The Labute approximate surface area is 167 Å². The number of rotatable bonds is 7. The third-order valence-electron chi connectivity index (χ3n) is 4.70. The molecule has 0 radical (unpaired) electrons. The predicted octanol–water partition coefficient (Wildman–Crippen LogP) is 4.51. The number of benzene rings is 3. The van der Waals surface area contributed by atoms with Gasteiger partial charge in [0.15, 0.2) is 4.77 Å². The first kappa shape index (κ1) is 18.3. The minimum atomic E-state index is 0.0239. The van der Waals surface area contributed by atoms with Crippen molar-refractivity contribution in [2.75, 3.05) is 13.2 Å². The Hall–Kier alpha value is -3.12. The molecule has 5 nitrogen and oxygen atoms in total. The quantitative estimate of drug-likeness (QED) is 0.321. The van der Waals surface area contributed by atoms with Crippen LogP contribution < -0.4 is 10.1 Å². The summed E-state index contributed by atoms with van der Waals surface area (Å²) in [4.78, 5) is 18.3. The Morgan fingerprint density at radius 2 is 1.82 bits per heavy atom. The molecule has 0 aliphatic rings. The molecule has 4 rings (SSSR count). The van der Waals surface area contributed by atoms with Gasteiger partial charge in [0, 0.05) is 6.42 Å². The number of nitrogens with one attached hydrogen (secondary N) is 3. The predicted molar refractivity (Wildman–Crippen MR) is 114 cm³/mol. The first-order chi connectivity index (χ1) is 13.7. The van der Waals surface area contributed by atoms with Crippen LogP contribution in [0.25, 0.3) is 21.8 Å². The van der Waals surface area contributed by atoms with Gasteiger partial charge in [-0.2, -0.15) is 0 Å². The molecule has 0 saturated heterocycles. The number of para-hydroxylation sites is 1. The van der Waals surface area contributed by atoms with E-state index in [-0.39, 0.29) is 5.91 Å². The van der Waals surface area contributed by atoms with Gasteiger partial charge in [-0.1, -0.05) is 48.5 Å². The lowest BCUT2D eigenvalue weighted by molar-refractivity contribution is -0.121. The van der Waals surface area contributed by atoms with Gasteiger partial charge in [0.05, 0.1) is 12.1 Å². The van der Waals surface area contributed by atoms with E-state index in [2.05, 4.69) is 39.6 Å². The molecule has 0 saturated carbocycles. The number of carbonyl (C=O) groups excluding carboxylic acids is 1. The first-order valence-electron chi connectivity index (χ1n) is 9.28. The molecule has 28 heavy (non-hydrogen) atoms. The van der Waals surface area contributed by atoms with E-state index in [1.165, 1.54) is 16.3 Å². The minimum absolute atomic E-state index is 0.0239. The maximum absolute atomic E-state index is 12.2. The molecular weight excluding hydrogens is 370 g/mol. The van der Waals surface area contributed by atoms with Gasteiger partial charge in [-0.15, -0.1) is 0 Å². The molecule has 4 aromatic rings. The monoisotopic (exact) mass is 391 g/mol. The van der Waals surface area contributed by atoms with Crippen LogP contribution in [0, 0.1) is 4.77 Å². The topological polar surface area (TPSA) is 69.9 Å². The Morgan fingerprint density at radius 1 is 1.00 bits per heavy atom. The van der Waals surface area contributed by atoms with Crippen LogP contribution in [0.4, 0.5) is 0 Å². The number of ether oxygens (including phenoxy) is 1. The number of hydrogen-bond donors (Lipinski definition) is 3. The van der Waals surface area contributed by atoms with Crippen molar-refractivity contribution in [3.8, 4) is 5.75 Å². The molecule has 0 aliphatic heterocycles. The highest BCUT2D eigenvalue weighted by Gasteiger charge is 2.07. The number of hydrogen-bond acceptors (Lipinski definition) is 3. The molecule has 1 amide bonds. The highest BCUT2D eigenvalue weighted by Crippen LogP contribution is 2.22. The Bertz CT molecular complexity index is 1170. The molecule has 0 fully saturated rings. The Balaban J connectivity index is 1.27. The van der Waals surface area contributed by atoms with Crippen molar-refractivity contribution >= 4 is 39.9 Å². The zero-order valence-corrected chi connectivity index (χ0v) is 16.1. The van der Waals surface area contributed by atoms with E-state index in [1.807, 2.05) is 36.4 Å². The van der Waals surface area contributed by atoms with Gasteiger partial charge in [0.1, 0.15) is 17.9 Å². The largest absolute Gasteiger partial charge is 0.489 e. The smallest absolute Gasteiger partial charge is 0.220 e. The van der Waals surface area contributed by atoms with Gasteiger partial charge >= 0.3 is 0 Å². The Kier molecular flexibility index (Phi) is 5.39. The molecule has 1 aromatic heterocycles. The molecule has 0 atom stereocenters. The summed E-state index contributed by atoms with van der Waals surface area (Å²) in [5.74, 6) is 0.741. The maximum atomic E-state index is 12.2. The number of carbonyl (C=O) groups is 1. The zero-order chi connectivity index (χ0) is 19.3.